The van der Waals surface area contributed by atoms with Crippen molar-refractivity contribution in [1.82, 2.24) is 20.3 Å². The Balaban J connectivity index is 1.81. The largest absolute Gasteiger partial charge is 0.464 e. The molecule has 0 saturated carbocycles. The van der Waals surface area contributed by atoms with Gasteiger partial charge in [-0.15, -0.1) is 0 Å². The topological polar surface area (TPSA) is 106 Å². The van der Waals surface area contributed by atoms with Crippen molar-refractivity contribution in [1.29, 1.82) is 0 Å². The fraction of sp³-hybridized carbons (Fsp3) is 0.105. The molecule has 10 heteroatoms. The smallest absolute Gasteiger partial charge is 0.328 e. The summed E-state index contributed by atoms with van der Waals surface area (Å²) in [6, 6.07) is 12.9. The van der Waals surface area contributed by atoms with Gasteiger partial charge in [0.15, 0.2) is 5.82 Å². The molecular weight excluding hydrogens is 417 g/mol. The monoisotopic (exact) mass is 431 g/mol. The summed E-state index contributed by atoms with van der Waals surface area (Å²) in [6.45, 7) is 2.10. The lowest BCUT2D eigenvalue weighted by molar-refractivity contribution is 0.0967. The van der Waals surface area contributed by atoms with Crippen LogP contribution in [0.1, 0.15) is 17.3 Å². The molecule has 2 aromatic carbocycles. The standard InChI is InChI=1S/C19H15Cl2N5O3/c1-2-29-19-23-15(11-7-4-3-5-8-11)22-17(26-19)25-18(28)24-16(27)14-12(20)9-6-10-13(14)21/h3-10H,2H2,1H3,(H2,22,23,24,25,26,27,28). The lowest BCUT2D eigenvalue weighted by atomic mass is 10.2. The van der Waals surface area contributed by atoms with Crippen LogP contribution in [0.2, 0.25) is 10.0 Å². The number of amides is 3. The number of halogens is 2. The number of nitrogens with one attached hydrogen (secondary N) is 2. The zero-order valence-corrected chi connectivity index (χ0v) is 16.7. The van der Waals surface area contributed by atoms with E-state index in [2.05, 4.69) is 25.6 Å². The predicted octanol–water partition coefficient (Wildman–Crippen LogP) is 4.21. The molecule has 0 radical (unpaired) electrons. The van der Waals surface area contributed by atoms with Gasteiger partial charge in [-0.1, -0.05) is 59.6 Å². The number of ether oxygens (including phenoxy) is 1. The molecular formula is C19H15Cl2N5O3. The number of hydrogen-bond donors (Lipinski definition) is 2. The Morgan fingerprint density at radius 2 is 1.66 bits per heavy atom. The molecule has 2 N–H and O–H groups in total. The Morgan fingerprint density at radius 3 is 2.31 bits per heavy atom. The van der Waals surface area contributed by atoms with Gasteiger partial charge in [-0.25, -0.2) is 4.79 Å². The molecule has 29 heavy (non-hydrogen) atoms. The van der Waals surface area contributed by atoms with Crippen LogP contribution in [0.5, 0.6) is 6.01 Å². The zero-order chi connectivity index (χ0) is 20.8. The van der Waals surface area contributed by atoms with Crippen molar-refractivity contribution >= 4 is 41.1 Å². The maximum atomic E-state index is 12.3. The molecule has 8 nitrogen and oxygen atoms in total. The highest BCUT2D eigenvalue weighted by atomic mass is 35.5. The molecule has 3 aromatic rings. The van der Waals surface area contributed by atoms with Crippen LogP contribution >= 0.6 is 23.2 Å². The van der Waals surface area contributed by atoms with Gasteiger partial charge in [0.05, 0.1) is 22.2 Å². The zero-order valence-electron chi connectivity index (χ0n) is 15.1. The maximum Gasteiger partial charge on any atom is 0.328 e. The van der Waals surface area contributed by atoms with E-state index in [1.165, 1.54) is 12.1 Å². The van der Waals surface area contributed by atoms with Crippen molar-refractivity contribution in [2.75, 3.05) is 11.9 Å². The van der Waals surface area contributed by atoms with Crippen LogP contribution in [0.15, 0.2) is 48.5 Å². The number of nitrogens with zero attached hydrogens (tertiary/aromatic N) is 3. The summed E-state index contributed by atoms with van der Waals surface area (Å²) in [5.41, 5.74) is 0.694. The number of anilines is 1. The van der Waals surface area contributed by atoms with E-state index in [4.69, 9.17) is 27.9 Å². The number of benzene rings is 2. The van der Waals surface area contributed by atoms with E-state index in [1.54, 1.807) is 25.1 Å². The van der Waals surface area contributed by atoms with E-state index in [0.29, 0.717) is 18.0 Å². The molecule has 3 rings (SSSR count). The van der Waals surface area contributed by atoms with Crippen LogP contribution in [0.25, 0.3) is 11.4 Å². The van der Waals surface area contributed by atoms with Gasteiger partial charge in [0.25, 0.3) is 5.91 Å². The molecule has 0 atom stereocenters. The second-order valence-corrected chi connectivity index (χ2v) is 6.38. The summed E-state index contributed by atoms with van der Waals surface area (Å²) in [5, 5.41) is 4.77. The van der Waals surface area contributed by atoms with Crippen LogP contribution in [0, 0.1) is 0 Å². The molecule has 0 aliphatic heterocycles. The van der Waals surface area contributed by atoms with Crippen LogP contribution < -0.4 is 15.4 Å². The normalized spacial score (nSPS) is 10.3. The third-order valence-electron chi connectivity index (χ3n) is 3.56. The molecule has 0 aliphatic rings. The molecule has 3 amide bonds. The summed E-state index contributed by atoms with van der Waals surface area (Å²) in [5.74, 6) is -0.543. The summed E-state index contributed by atoms with van der Waals surface area (Å²) < 4.78 is 5.34. The Morgan fingerprint density at radius 1 is 0.966 bits per heavy atom. The highest BCUT2D eigenvalue weighted by molar-refractivity contribution is 6.40. The van der Waals surface area contributed by atoms with Crippen molar-refractivity contribution < 1.29 is 14.3 Å². The van der Waals surface area contributed by atoms with Gasteiger partial charge in [0.1, 0.15) is 0 Å². The average Bonchev–Trinajstić information content (AvgIpc) is 2.68. The molecule has 0 bridgehead atoms. The molecule has 0 saturated heterocycles. The van der Waals surface area contributed by atoms with E-state index in [1.807, 2.05) is 18.2 Å². The van der Waals surface area contributed by atoms with Crippen LogP contribution in [0.3, 0.4) is 0 Å². The van der Waals surface area contributed by atoms with Crippen molar-refractivity contribution in [3.63, 3.8) is 0 Å². The molecule has 1 heterocycles. The molecule has 0 aliphatic carbocycles. The van der Waals surface area contributed by atoms with E-state index in [0.717, 1.165) is 0 Å². The minimum Gasteiger partial charge on any atom is -0.464 e. The minimum atomic E-state index is -0.862. The molecule has 0 spiro atoms. The Labute approximate surface area is 176 Å². The number of imide groups is 1. The van der Waals surface area contributed by atoms with Crippen molar-refractivity contribution in [3.8, 4) is 17.4 Å². The number of aromatic nitrogens is 3. The van der Waals surface area contributed by atoms with Gasteiger partial charge >= 0.3 is 12.0 Å². The number of carbonyl (C=O) groups excluding carboxylic acids is 2. The third-order valence-corrected chi connectivity index (χ3v) is 4.19. The maximum absolute atomic E-state index is 12.3. The fourth-order valence-corrected chi connectivity index (χ4v) is 2.90. The van der Waals surface area contributed by atoms with E-state index >= 15 is 0 Å². The van der Waals surface area contributed by atoms with E-state index < -0.39 is 11.9 Å². The summed E-state index contributed by atoms with van der Waals surface area (Å²) in [4.78, 5) is 37.0. The Kier molecular flexibility index (Phi) is 6.58. The van der Waals surface area contributed by atoms with Crippen molar-refractivity contribution in [3.05, 3.63) is 64.1 Å². The van der Waals surface area contributed by atoms with Crippen LogP contribution in [0.4, 0.5) is 10.7 Å². The number of carbonyl (C=O) groups is 2. The highest BCUT2D eigenvalue weighted by Crippen LogP contribution is 2.24. The van der Waals surface area contributed by atoms with Crippen LogP contribution in [-0.4, -0.2) is 33.5 Å². The first-order valence-electron chi connectivity index (χ1n) is 8.48. The first-order valence-corrected chi connectivity index (χ1v) is 9.24. The summed E-state index contributed by atoms with van der Waals surface area (Å²) in [6.07, 6.45) is 0. The lowest BCUT2D eigenvalue weighted by Crippen LogP contribution is -2.35. The summed E-state index contributed by atoms with van der Waals surface area (Å²) >= 11 is 12.0. The van der Waals surface area contributed by atoms with Gasteiger partial charge in [-0.2, -0.15) is 15.0 Å². The molecule has 0 unspecified atom stereocenters. The second kappa shape index (κ2) is 9.31. The first-order chi connectivity index (χ1) is 14.0. The Hall–Kier alpha value is -3.23. The average molecular weight is 432 g/mol. The first kappa shape index (κ1) is 20.5. The van der Waals surface area contributed by atoms with Gasteiger partial charge in [0, 0.05) is 5.56 Å². The second-order valence-electron chi connectivity index (χ2n) is 5.57. The number of rotatable bonds is 5. The quantitative estimate of drug-likeness (QED) is 0.626. The van der Waals surface area contributed by atoms with Gasteiger partial charge in [-0.3, -0.25) is 15.4 Å². The van der Waals surface area contributed by atoms with Crippen molar-refractivity contribution in [2.45, 2.75) is 6.92 Å². The minimum absolute atomic E-state index is 0.0124. The van der Waals surface area contributed by atoms with Crippen LogP contribution in [-0.2, 0) is 0 Å². The molecule has 148 valence electrons. The van der Waals surface area contributed by atoms with Crippen molar-refractivity contribution in [2.24, 2.45) is 0 Å². The number of hydrogen-bond acceptors (Lipinski definition) is 6. The number of urea groups is 1. The highest BCUT2D eigenvalue weighted by Gasteiger charge is 2.18. The Bertz CT molecular complexity index is 1030. The predicted molar refractivity (Wildman–Crippen MR) is 109 cm³/mol. The van der Waals surface area contributed by atoms with E-state index in [-0.39, 0.29) is 27.6 Å². The molecule has 0 fully saturated rings. The van der Waals surface area contributed by atoms with Gasteiger partial charge in [0.2, 0.25) is 5.95 Å². The fourth-order valence-electron chi connectivity index (χ4n) is 2.34. The third kappa shape index (κ3) is 5.18. The summed E-state index contributed by atoms with van der Waals surface area (Å²) in [7, 11) is 0. The lowest BCUT2D eigenvalue weighted by Gasteiger charge is -2.10. The van der Waals surface area contributed by atoms with Gasteiger partial charge < -0.3 is 4.74 Å². The van der Waals surface area contributed by atoms with E-state index in [9.17, 15) is 9.59 Å². The SMILES string of the molecule is CCOc1nc(NC(=O)NC(=O)c2c(Cl)cccc2Cl)nc(-c2ccccc2)n1. The van der Waals surface area contributed by atoms with Gasteiger partial charge in [-0.05, 0) is 19.1 Å². The molecule has 1 aromatic heterocycles.